The molecule has 0 amide bonds. The van der Waals surface area contributed by atoms with E-state index < -0.39 is 6.29 Å². The third-order valence-corrected chi connectivity index (χ3v) is 9.57. The lowest BCUT2D eigenvalue weighted by atomic mass is 9.90. The highest BCUT2D eigenvalue weighted by Gasteiger charge is 2.49. The van der Waals surface area contributed by atoms with Gasteiger partial charge in [-0.15, -0.1) is 0 Å². The Labute approximate surface area is 281 Å². The molecular formula is C40H41N3O5. The number of pyridine rings is 1. The predicted octanol–water partition coefficient (Wildman–Crippen LogP) is 8.57. The van der Waals surface area contributed by atoms with Gasteiger partial charge in [0.2, 0.25) is 0 Å². The molecule has 246 valence electrons. The predicted molar refractivity (Wildman–Crippen MR) is 185 cm³/mol. The Bertz CT molecular complexity index is 1900. The van der Waals surface area contributed by atoms with Crippen molar-refractivity contribution in [2.75, 3.05) is 13.2 Å². The number of fused-ring (bicyclic) bond motifs is 1. The summed E-state index contributed by atoms with van der Waals surface area (Å²) < 4.78 is 26.3. The Morgan fingerprint density at radius 2 is 1.48 bits per heavy atom. The van der Waals surface area contributed by atoms with Gasteiger partial charge in [0.1, 0.15) is 17.2 Å². The Morgan fingerprint density at radius 3 is 2.21 bits per heavy atom. The molecule has 5 aromatic rings. The molecule has 3 heterocycles. The normalized spacial score (nSPS) is 16.6. The fraction of sp³-hybridized carbons (Fsp3) is 0.325. The number of nitrogens with zero attached hydrogens (tertiary/aromatic N) is 3. The number of aromatic nitrogens is 3. The lowest BCUT2D eigenvalue weighted by Gasteiger charge is -2.30. The molecule has 0 unspecified atom stereocenters. The van der Waals surface area contributed by atoms with Crippen molar-refractivity contribution in [3.63, 3.8) is 0 Å². The van der Waals surface area contributed by atoms with Gasteiger partial charge in [0.15, 0.2) is 12.1 Å². The zero-order chi connectivity index (χ0) is 33.3. The van der Waals surface area contributed by atoms with Crippen LogP contribution < -0.4 is 9.47 Å². The summed E-state index contributed by atoms with van der Waals surface area (Å²) in [5.74, 6) is 1.83. The second-order valence-corrected chi connectivity index (χ2v) is 13.4. The van der Waals surface area contributed by atoms with E-state index in [2.05, 4.69) is 44.9 Å². The smallest absolute Gasteiger partial charge is 0.185 e. The maximum atomic E-state index is 12.2. The molecule has 1 saturated heterocycles. The van der Waals surface area contributed by atoms with Crippen LogP contribution in [0.3, 0.4) is 0 Å². The average Bonchev–Trinajstić information content (AvgIpc) is 3.76. The maximum absolute atomic E-state index is 12.2. The van der Waals surface area contributed by atoms with Crippen LogP contribution in [0.2, 0.25) is 0 Å². The number of ketones is 1. The van der Waals surface area contributed by atoms with E-state index in [0.717, 1.165) is 75.5 Å². The topological polar surface area (TPSA) is 84.7 Å². The fourth-order valence-corrected chi connectivity index (χ4v) is 6.07. The van der Waals surface area contributed by atoms with Crippen LogP contribution in [-0.2, 0) is 15.9 Å². The highest BCUT2D eigenvalue weighted by atomic mass is 16.7. The number of Topliss-reactive ketones (excluding diaryl/α,β-unsaturated/α-hetero) is 1. The number of benzene rings is 3. The molecular weight excluding hydrogens is 602 g/mol. The van der Waals surface area contributed by atoms with Gasteiger partial charge in [-0.05, 0) is 107 Å². The number of carbonyl (C=O) groups is 1. The summed E-state index contributed by atoms with van der Waals surface area (Å²) in [5, 5.41) is 4.98. The van der Waals surface area contributed by atoms with E-state index in [-0.39, 0.29) is 17.0 Å². The molecule has 0 saturated carbocycles. The second kappa shape index (κ2) is 13.0. The summed E-state index contributed by atoms with van der Waals surface area (Å²) in [5.41, 5.74) is 6.96. The minimum absolute atomic E-state index is 0.220. The third-order valence-electron chi connectivity index (χ3n) is 9.57. The van der Waals surface area contributed by atoms with Gasteiger partial charge < -0.3 is 18.9 Å². The summed E-state index contributed by atoms with van der Waals surface area (Å²) >= 11 is 0. The first-order valence-corrected chi connectivity index (χ1v) is 16.7. The van der Waals surface area contributed by atoms with Gasteiger partial charge in [-0.25, -0.2) is 4.68 Å². The van der Waals surface area contributed by atoms with E-state index in [1.807, 2.05) is 77.5 Å². The number of rotatable bonds is 11. The van der Waals surface area contributed by atoms with Crippen molar-refractivity contribution >= 4 is 5.78 Å². The number of hydrogen-bond acceptors (Lipinski definition) is 7. The van der Waals surface area contributed by atoms with Crippen molar-refractivity contribution < 1.29 is 23.7 Å². The molecule has 8 nitrogen and oxygen atoms in total. The summed E-state index contributed by atoms with van der Waals surface area (Å²) in [4.78, 5) is 16.4. The van der Waals surface area contributed by atoms with E-state index in [9.17, 15) is 4.79 Å². The van der Waals surface area contributed by atoms with Crippen LogP contribution in [0, 0.1) is 0 Å². The number of carbonyl (C=O) groups excluding carboxylic acids is 1. The molecule has 1 aliphatic heterocycles. The largest absolute Gasteiger partial charge is 0.494 e. The Morgan fingerprint density at radius 1 is 0.771 bits per heavy atom. The van der Waals surface area contributed by atoms with Crippen LogP contribution in [0.15, 0.2) is 97.5 Å². The molecule has 0 bridgehead atoms. The van der Waals surface area contributed by atoms with Gasteiger partial charge in [0, 0.05) is 47.3 Å². The summed E-state index contributed by atoms with van der Waals surface area (Å²) in [6.45, 7) is 9.41. The molecule has 1 fully saturated rings. The van der Waals surface area contributed by atoms with Crippen LogP contribution >= 0.6 is 0 Å². The number of aryl methyl sites for hydroxylation is 1. The Kier molecular flexibility index (Phi) is 8.62. The van der Waals surface area contributed by atoms with E-state index in [1.165, 1.54) is 0 Å². The second-order valence-electron chi connectivity index (χ2n) is 13.4. The van der Waals surface area contributed by atoms with Crippen LogP contribution in [0.1, 0.15) is 74.7 Å². The number of unbranched alkanes of at least 4 members (excludes halogenated alkanes) is 1. The molecule has 0 atom stereocenters. The van der Waals surface area contributed by atoms with Gasteiger partial charge in [-0.1, -0.05) is 30.3 Å². The van der Waals surface area contributed by atoms with Gasteiger partial charge in [0.25, 0.3) is 0 Å². The van der Waals surface area contributed by atoms with Crippen molar-refractivity contribution in [2.45, 2.75) is 70.9 Å². The summed E-state index contributed by atoms with van der Waals surface area (Å²) in [7, 11) is 0. The summed E-state index contributed by atoms with van der Waals surface area (Å²) in [6, 6.07) is 26.0. The molecule has 3 aromatic carbocycles. The lowest BCUT2D eigenvalue weighted by molar-refractivity contribution is -0.0896. The van der Waals surface area contributed by atoms with Crippen molar-refractivity contribution in [2.24, 2.45) is 0 Å². The Balaban J connectivity index is 0.943. The fourth-order valence-electron chi connectivity index (χ4n) is 6.07. The van der Waals surface area contributed by atoms with Crippen molar-refractivity contribution in [1.82, 2.24) is 14.8 Å². The quantitative estimate of drug-likeness (QED) is 0.133. The van der Waals surface area contributed by atoms with Crippen molar-refractivity contribution in [3.05, 3.63) is 114 Å². The van der Waals surface area contributed by atoms with E-state index in [0.29, 0.717) is 19.6 Å². The minimum atomic E-state index is -0.408. The molecule has 48 heavy (non-hydrogen) atoms. The first-order chi connectivity index (χ1) is 23.2. The molecule has 0 spiro atoms. The standard InChI is InChI=1S/C40H41N3O5/c1-39(2)40(3,4)48-38(47-39)30-8-7-9-33(25-30)46-23-6-5-22-45-32-14-12-31(13-15-32)43-26-35(37(42-43)27-18-20-41-21-19-27)29-10-16-34-28(24-29)11-17-36(34)44/h7-10,12-16,18-21,24-26,38H,5-6,11,17,22-23H2,1-4H3. The molecule has 8 heteroatoms. The van der Waals surface area contributed by atoms with Crippen LogP contribution in [-0.4, -0.2) is 45.0 Å². The molecule has 0 radical (unpaired) electrons. The van der Waals surface area contributed by atoms with E-state index in [4.69, 9.17) is 24.0 Å². The van der Waals surface area contributed by atoms with Gasteiger partial charge in [-0.3, -0.25) is 9.78 Å². The highest BCUT2D eigenvalue weighted by Crippen LogP contribution is 2.45. The van der Waals surface area contributed by atoms with E-state index in [1.54, 1.807) is 12.4 Å². The zero-order valence-corrected chi connectivity index (χ0v) is 27.9. The minimum Gasteiger partial charge on any atom is -0.494 e. The van der Waals surface area contributed by atoms with Gasteiger partial charge >= 0.3 is 0 Å². The lowest BCUT2D eigenvalue weighted by Crippen LogP contribution is -2.41. The first-order valence-electron chi connectivity index (χ1n) is 16.7. The van der Waals surface area contributed by atoms with Crippen molar-refractivity contribution in [1.29, 1.82) is 0 Å². The molecule has 1 aliphatic carbocycles. The van der Waals surface area contributed by atoms with E-state index >= 15 is 0 Å². The number of hydrogen-bond donors (Lipinski definition) is 0. The molecule has 7 rings (SSSR count). The van der Waals surface area contributed by atoms with Crippen LogP contribution in [0.4, 0.5) is 0 Å². The van der Waals surface area contributed by atoms with Crippen LogP contribution in [0.5, 0.6) is 11.5 Å². The number of ether oxygens (including phenoxy) is 4. The van der Waals surface area contributed by atoms with Crippen molar-refractivity contribution in [3.8, 4) is 39.6 Å². The molecule has 0 N–H and O–H groups in total. The van der Waals surface area contributed by atoms with Gasteiger partial charge in [0.05, 0.1) is 30.1 Å². The first kappa shape index (κ1) is 31.8. The summed E-state index contributed by atoms with van der Waals surface area (Å²) in [6.07, 6.45) is 8.29. The van der Waals surface area contributed by atoms with Crippen LogP contribution in [0.25, 0.3) is 28.1 Å². The Hall–Kier alpha value is -4.79. The highest BCUT2D eigenvalue weighted by molar-refractivity contribution is 6.01. The third kappa shape index (κ3) is 6.50. The monoisotopic (exact) mass is 643 g/mol. The maximum Gasteiger partial charge on any atom is 0.185 e. The van der Waals surface area contributed by atoms with Gasteiger partial charge in [-0.2, -0.15) is 5.10 Å². The molecule has 2 aliphatic rings. The molecule has 2 aromatic heterocycles. The SMILES string of the molecule is CC1(C)OC(c2cccc(OCCCCOc3ccc(-n4cc(-c5ccc6c(c5)CCC6=O)c(-c5ccncc5)n4)cc3)c2)OC1(C)C. The zero-order valence-electron chi connectivity index (χ0n) is 27.9. The average molecular weight is 644 g/mol.